The molecule has 0 aliphatic carbocycles. The average Bonchev–Trinajstić information content (AvgIpc) is 2.63. The van der Waals surface area contributed by atoms with Crippen LogP contribution in [0.15, 0.2) is 24.4 Å². The smallest absolute Gasteiger partial charge is 0.407 e. The first-order valence-corrected chi connectivity index (χ1v) is 9.88. The monoisotopic (exact) mass is 443 g/mol. The molecule has 1 aromatic heterocycles. The second-order valence-electron chi connectivity index (χ2n) is 6.67. The van der Waals surface area contributed by atoms with Gasteiger partial charge in [-0.3, -0.25) is 0 Å². The normalized spacial score (nSPS) is 18.1. The Hall–Kier alpha value is -1.96. The number of nitrogens with zero attached hydrogens (tertiary/aromatic N) is 4. The number of anilines is 2. The summed E-state index contributed by atoms with van der Waals surface area (Å²) in [4.78, 5) is 23.5. The number of carboxylic acid groups (broad SMARTS) is 1. The minimum Gasteiger partial charge on any atom is -0.465 e. The highest BCUT2D eigenvalue weighted by Gasteiger charge is 2.28. The van der Waals surface area contributed by atoms with Crippen molar-refractivity contribution in [3.63, 3.8) is 0 Å². The Morgan fingerprint density at radius 1 is 1.29 bits per heavy atom. The van der Waals surface area contributed by atoms with Gasteiger partial charge in [0.25, 0.3) is 0 Å². The molecule has 2 heterocycles. The third kappa shape index (κ3) is 4.54. The van der Waals surface area contributed by atoms with E-state index >= 15 is 0 Å². The van der Waals surface area contributed by atoms with Gasteiger partial charge in [0, 0.05) is 35.7 Å². The summed E-state index contributed by atoms with van der Waals surface area (Å²) < 4.78 is 0. The fourth-order valence-corrected chi connectivity index (χ4v) is 3.89. The highest BCUT2D eigenvalue weighted by molar-refractivity contribution is 6.35. The Bertz CT molecular complexity index is 882. The molecule has 0 radical (unpaired) electrons. The molecule has 1 fully saturated rings. The maximum Gasteiger partial charge on any atom is 0.407 e. The van der Waals surface area contributed by atoms with E-state index in [-0.39, 0.29) is 12.1 Å². The minimum atomic E-state index is -0.916. The molecule has 2 atom stereocenters. The van der Waals surface area contributed by atoms with Crippen molar-refractivity contribution in [2.45, 2.75) is 25.9 Å². The van der Waals surface area contributed by atoms with Gasteiger partial charge in [-0.15, -0.1) is 0 Å². The van der Waals surface area contributed by atoms with Crippen LogP contribution in [0.1, 0.15) is 25.5 Å². The predicted molar refractivity (Wildman–Crippen MR) is 112 cm³/mol. The van der Waals surface area contributed by atoms with Gasteiger partial charge in [-0.05, 0) is 31.5 Å². The molecule has 150 valence electrons. The number of aromatic nitrogens is 2. The van der Waals surface area contributed by atoms with E-state index in [1.807, 2.05) is 24.8 Å². The molecule has 0 spiro atoms. The molecule has 1 amide bonds. The quantitative estimate of drug-likeness (QED) is 0.705. The van der Waals surface area contributed by atoms with E-state index in [9.17, 15) is 9.90 Å². The summed E-state index contributed by atoms with van der Waals surface area (Å²) in [6.07, 6.45) is 0.622. The van der Waals surface area contributed by atoms with Crippen molar-refractivity contribution in [3.05, 3.63) is 45.0 Å². The van der Waals surface area contributed by atoms with Crippen LogP contribution in [0.2, 0.25) is 15.1 Å². The lowest BCUT2D eigenvalue weighted by Gasteiger charge is -2.38. The molecule has 1 saturated heterocycles. The van der Waals surface area contributed by atoms with E-state index in [0.29, 0.717) is 46.5 Å². The number of rotatable bonds is 4. The molecule has 2 N–H and O–H groups in total. The number of hydrogen-bond donors (Lipinski definition) is 2. The van der Waals surface area contributed by atoms with Crippen LogP contribution in [0, 0.1) is 0 Å². The topological polar surface area (TPSA) is 81.6 Å². The highest BCUT2D eigenvalue weighted by atomic mass is 35.5. The molecule has 1 aliphatic rings. The van der Waals surface area contributed by atoms with Gasteiger partial charge in [0.05, 0.1) is 12.2 Å². The zero-order valence-electron chi connectivity index (χ0n) is 15.4. The Morgan fingerprint density at radius 3 is 2.68 bits per heavy atom. The van der Waals surface area contributed by atoms with Crippen molar-refractivity contribution >= 4 is 52.7 Å². The van der Waals surface area contributed by atoms with Crippen molar-refractivity contribution in [1.29, 1.82) is 0 Å². The number of carbonyl (C=O) groups is 1. The van der Waals surface area contributed by atoms with Crippen LogP contribution in [0.5, 0.6) is 0 Å². The predicted octanol–water partition coefficient (Wildman–Crippen LogP) is 4.80. The first-order chi connectivity index (χ1) is 13.3. The maximum absolute atomic E-state index is 11.2. The van der Waals surface area contributed by atoms with E-state index in [4.69, 9.17) is 34.8 Å². The number of benzene rings is 1. The van der Waals surface area contributed by atoms with Crippen LogP contribution < -0.4 is 10.2 Å². The van der Waals surface area contributed by atoms with E-state index in [2.05, 4.69) is 15.3 Å². The van der Waals surface area contributed by atoms with Crippen LogP contribution >= 0.6 is 34.8 Å². The van der Waals surface area contributed by atoms with E-state index in [0.717, 1.165) is 5.56 Å². The largest absolute Gasteiger partial charge is 0.465 e. The second-order valence-corrected chi connectivity index (χ2v) is 7.92. The number of piperazine rings is 1. The van der Waals surface area contributed by atoms with Gasteiger partial charge < -0.3 is 20.2 Å². The van der Waals surface area contributed by atoms with Crippen molar-refractivity contribution in [2.24, 2.45) is 0 Å². The van der Waals surface area contributed by atoms with Crippen LogP contribution in [0.25, 0.3) is 0 Å². The fourth-order valence-electron chi connectivity index (χ4n) is 3.17. The molecule has 10 heteroatoms. The van der Waals surface area contributed by atoms with E-state index < -0.39 is 6.09 Å². The van der Waals surface area contributed by atoms with Crippen molar-refractivity contribution in [2.75, 3.05) is 29.9 Å². The summed E-state index contributed by atoms with van der Waals surface area (Å²) in [5, 5.41) is 14.0. The highest BCUT2D eigenvalue weighted by Crippen LogP contribution is 2.30. The molecular weight excluding hydrogens is 425 g/mol. The summed E-state index contributed by atoms with van der Waals surface area (Å²) in [7, 11) is 0. The number of halogens is 3. The van der Waals surface area contributed by atoms with E-state index in [1.54, 1.807) is 12.1 Å². The Labute approximate surface area is 178 Å². The van der Waals surface area contributed by atoms with Crippen molar-refractivity contribution in [1.82, 2.24) is 14.9 Å². The Morgan fingerprint density at radius 2 is 2.04 bits per heavy atom. The van der Waals surface area contributed by atoms with Crippen molar-refractivity contribution < 1.29 is 9.90 Å². The summed E-state index contributed by atoms with van der Waals surface area (Å²) >= 11 is 18.5. The number of amides is 1. The molecule has 0 saturated carbocycles. The zero-order chi connectivity index (χ0) is 20.4. The molecule has 0 unspecified atom stereocenters. The minimum absolute atomic E-state index is 0.159. The molecular formula is C18H20Cl3N5O2. The summed E-state index contributed by atoms with van der Waals surface area (Å²) in [5.41, 5.74) is 0.867. The van der Waals surface area contributed by atoms with Crippen LogP contribution in [0.3, 0.4) is 0 Å². The zero-order valence-corrected chi connectivity index (χ0v) is 17.6. The number of nitrogens with one attached hydrogen (secondary N) is 1. The third-order valence-corrected chi connectivity index (χ3v) is 5.51. The lowest BCUT2D eigenvalue weighted by atomic mass is 10.1. The van der Waals surface area contributed by atoms with Gasteiger partial charge in [-0.25, -0.2) is 9.78 Å². The van der Waals surface area contributed by atoms with Gasteiger partial charge in [0.1, 0.15) is 5.02 Å². The summed E-state index contributed by atoms with van der Waals surface area (Å²) in [5.74, 6) is 0.983. The van der Waals surface area contributed by atoms with Crippen molar-refractivity contribution in [3.8, 4) is 0 Å². The molecule has 0 bridgehead atoms. The second kappa shape index (κ2) is 8.59. The third-order valence-electron chi connectivity index (χ3n) is 4.67. The first kappa shape index (κ1) is 20.8. The maximum atomic E-state index is 11.2. The molecule has 7 nitrogen and oxygen atoms in total. The van der Waals surface area contributed by atoms with Gasteiger partial charge in [-0.2, -0.15) is 4.98 Å². The lowest BCUT2D eigenvalue weighted by molar-refractivity contribution is 0.122. The van der Waals surface area contributed by atoms with Gasteiger partial charge >= 0.3 is 6.09 Å². The van der Waals surface area contributed by atoms with Crippen LogP contribution in [0.4, 0.5) is 16.6 Å². The SMILES string of the molecule is C[C@@H]1CN(c2ncc(Cl)c(N[C@H](C)c3ccc(Cl)cc3Cl)n2)CCN1C(=O)O. The molecule has 2 aromatic rings. The van der Waals surface area contributed by atoms with Gasteiger partial charge in [0.2, 0.25) is 5.95 Å². The Kier molecular flexibility index (Phi) is 6.37. The average molecular weight is 445 g/mol. The first-order valence-electron chi connectivity index (χ1n) is 8.74. The molecule has 28 heavy (non-hydrogen) atoms. The van der Waals surface area contributed by atoms with Gasteiger partial charge in [0.15, 0.2) is 5.82 Å². The lowest BCUT2D eigenvalue weighted by Crippen LogP contribution is -2.54. The Balaban J connectivity index is 1.77. The van der Waals surface area contributed by atoms with E-state index in [1.165, 1.54) is 11.1 Å². The molecule has 1 aliphatic heterocycles. The molecule has 3 rings (SSSR count). The summed E-state index contributed by atoms with van der Waals surface area (Å²) in [6, 6.07) is 5.00. The summed E-state index contributed by atoms with van der Waals surface area (Å²) in [6.45, 7) is 5.21. The van der Waals surface area contributed by atoms with Crippen LogP contribution in [-0.4, -0.2) is 51.7 Å². The number of hydrogen-bond acceptors (Lipinski definition) is 5. The fraction of sp³-hybridized carbons (Fsp3) is 0.389. The molecule has 1 aromatic carbocycles. The van der Waals surface area contributed by atoms with Crippen LogP contribution in [-0.2, 0) is 0 Å². The van der Waals surface area contributed by atoms with Gasteiger partial charge in [-0.1, -0.05) is 40.9 Å². The standard InChI is InChI=1S/C18H20Cl3N5O2/c1-10-9-25(5-6-26(10)18(27)28)17-22-8-15(21)16(24-17)23-11(2)13-4-3-12(19)7-14(13)20/h3-4,7-8,10-11H,5-6,9H2,1-2H3,(H,27,28)(H,22,23,24)/t10-,11-/m1/s1.